The highest BCUT2D eigenvalue weighted by Crippen LogP contribution is 2.28. The molecule has 2 nitrogen and oxygen atoms in total. The van der Waals surface area contributed by atoms with E-state index < -0.39 is 6.43 Å². The van der Waals surface area contributed by atoms with Gasteiger partial charge in [0, 0.05) is 18.2 Å². The van der Waals surface area contributed by atoms with Gasteiger partial charge in [0.2, 0.25) is 0 Å². The van der Waals surface area contributed by atoms with Crippen LogP contribution in [0.5, 0.6) is 0 Å². The van der Waals surface area contributed by atoms with Crippen LogP contribution in [0.2, 0.25) is 0 Å². The zero-order valence-electron chi connectivity index (χ0n) is 12.8. The second kappa shape index (κ2) is 8.23. The minimum absolute atomic E-state index is 0. The van der Waals surface area contributed by atoms with Crippen molar-refractivity contribution >= 4 is 12.4 Å². The molecule has 1 aromatic carbocycles. The minimum atomic E-state index is -2.37. The smallest absolute Gasteiger partial charge is 0.263 e. The van der Waals surface area contributed by atoms with Crippen LogP contribution in [0.15, 0.2) is 24.3 Å². The van der Waals surface area contributed by atoms with E-state index in [-0.39, 0.29) is 18.0 Å². The number of alkyl halides is 2. The number of hydrogen-bond donors (Lipinski definition) is 1. The average Bonchev–Trinajstić information content (AvgIpc) is 3.31. The Morgan fingerprint density at radius 2 is 1.86 bits per heavy atom. The predicted molar refractivity (Wildman–Crippen MR) is 87.7 cm³/mol. The van der Waals surface area contributed by atoms with Gasteiger partial charge in [-0.2, -0.15) is 0 Å². The van der Waals surface area contributed by atoms with Crippen LogP contribution in [0.1, 0.15) is 43.2 Å². The van der Waals surface area contributed by atoms with Crippen LogP contribution in [0.3, 0.4) is 0 Å². The molecule has 0 spiro atoms. The highest BCUT2D eigenvalue weighted by atomic mass is 35.5. The van der Waals surface area contributed by atoms with Crippen molar-refractivity contribution in [2.45, 2.75) is 44.7 Å². The molecule has 0 bridgehead atoms. The first kappa shape index (κ1) is 17.6. The summed E-state index contributed by atoms with van der Waals surface area (Å²) in [5.74, 6) is 0.931. The third-order valence-corrected chi connectivity index (χ3v) is 4.59. The first-order valence-electron chi connectivity index (χ1n) is 8.03. The number of rotatable bonds is 6. The van der Waals surface area contributed by atoms with Gasteiger partial charge in [0.15, 0.2) is 0 Å². The van der Waals surface area contributed by atoms with Crippen LogP contribution < -0.4 is 5.32 Å². The Morgan fingerprint density at radius 1 is 1.14 bits per heavy atom. The number of piperidine rings is 1. The summed E-state index contributed by atoms with van der Waals surface area (Å²) in [4.78, 5) is 2.37. The largest absolute Gasteiger partial charge is 0.314 e. The molecule has 0 amide bonds. The van der Waals surface area contributed by atoms with Crippen LogP contribution in [-0.2, 0) is 6.54 Å². The monoisotopic (exact) mass is 330 g/mol. The zero-order chi connectivity index (χ0) is 14.7. The van der Waals surface area contributed by atoms with Crippen molar-refractivity contribution in [1.29, 1.82) is 0 Å². The molecule has 1 heterocycles. The number of hydrogen-bond acceptors (Lipinski definition) is 2. The van der Waals surface area contributed by atoms with Crippen molar-refractivity contribution in [3.8, 4) is 0 Å². The number of benzene rings is 1. The lowest BCUT2D eigenvalue weighted by Gasteiger charge is -2.32. The fourth-order valence-electron chi connectivity index (χ4n) is 3.04. The summed E-state index contributed by atoms with van der Waals surface area (Å²) in [6.07, 6.45) is 2.75. The van der Waals surface area contributed by atoms with Crippen molar-refractivity contribution < 1.29 is 8.78 Å². The average molecular weight is 331 g/mol. The summed E-state index contributed by atoms with van der Waals surface area (Å²) in [5, 5.41) is 3.67. The van der Waals surface area contributed by atoms with Gasteiger partial charge in [-0.1, -0.05) is 18.2 Å². The summed E-state index contributed by atoms with van der Waals surface area (Å²) in [5.41, 5.74) is 1.13. The zero-order valence-corrected chi connectivity index (χ0v) is 13.6. The van der Waals surface area contributed by atoms with Crippen molar-refractivity contribution in [2.24, 2.45) is 5.92 Å². The van der Waals surface area contributed by atoms with E-state index in [1.807, 2.05) is 6.07 Å². The second-order valence-electron chi connectivity index (χ2n) is 6.45. The van der Waals surface area contributed by atoms with Crippen molar-refractivity contribution in [3.63, 3.8) is 0 Å². The van der Waals surface area contributed by atoms with Gasteiger partial charge in [-0.3, -0.25) is 4.90 Å². The Hall–Kier alpha value is -0.710. The molecule has 1 N–H and O–H groups in total. The van der Waals surface area contributed by atoms with Crippen molar-refractivity contribution in [1.82, 2.24) is 10.2 Å². The van der Waals surface area contributed by atoms with Gasteiger partial charge in [-0.15, -0.1) is 12.4 Å². The quantitative estimate of drug-likeness (QED) is 0.847. The fourth-order valence-corrected chi connectivity index (χ4v) is 3.04. The summed E-state index contributed by atoms with van der Waals surface area (Å²) in [7, 11) is 0. The maximum Gasteiger partial charge on any atom is 0.263 e. The van der Waals surface area contributed by atoms with E-state index in [1.165, 1.54) is 38.3 Å². The Bertz CT molecular complexity index is 458. The second-order valence-corrected chi connectivity index (χ2v) is 6.45. The van der Waals surface area contributed by atoms with Gasteiger partial charge in [0.1, 0.15) is 0 Å². The van der Waals surface area contributed by atoms with Gasteiger partial charge in [0.05, 0.1) is 0 Å². The van der Waals surface area contributed by atoms with Crippen molar-refractivity contribution in [3.05, 3.63) is 35.4 Å². The molecule has 0 aromatic heterocycles. The highest BCUT2D eigenvalue weighted by Gasteiger charge is 2.24. The molecular weight excluding hydrogens is 306 g/mol. The lowest BCUT2D eigenvalue weighted by atomic mass is 10.0. The summed E-state index contributed by atoms with van der Waals surface area (Å²) >= 11 is 0. The molecule has 1 saturated heterocycles. The topological polar surface area (TPSA) is 15.3 Å². The number of halogens is 3. The first-order chi connectivity index (χ1) is 10.2. The Balaban J connectivity index is 0.00000176. The molecule has 0 radical (unpaired) electrons. The van der Waals surface area contributed by atoms with E-state index in [4.69, 9.17) is 0 Å². The predicted octanol–water partition coefficient (Wildman–Crippen LogP) is 4.01. The van der Waals surface area contributed by atoms with E-state index in [9.17, 15) is 8.78 Å². The molecule has 1 saturated carbocycles. The summed E-state index contributed by atoms with van der Waals surface area (Å²) in [6, 6.07) is 7.48. The van der Waals surface area contributed by atoms with E-state index >= 15 is 0 Å². The molecule has 22 heavy (non-hydrogen) atoms. The molecule has 1 aromatic rings. The Kier molecular flexibility index (Phi) is 6.60. The molecule has 0 atom stereocenters. The van der Waals surface area contributed by atoms with E-state index in [2.05, 4.69) is 10.2 Å². The molecule has 2 aliphatic rings. The maximum atomic E-state index is 12.7. The van der Waals surface area contributed by atoms with Crippen LogP contribution in [0.25, 0.3) is 0 Å². The van der Waals surface area contributed by atoms with Crippen LogP contribution >= 0.6 is 12.4 Å². The Morgan fingerprint density at radius 3 is 2.50 bits per heavy atom. The molecule has 5 heteroatoms. The van der Waals surface area contributed by atoms with E-state index in [1.54, 1.807) is 12.1 Å². The van der Waals surface area contributed by atoms with Crippen LogP contribution in [0.4, 0.5) is 8.78 Å². The van der Waals surface area contributed by atoms with Gasteiger partial charge < -0.3 is 5.32 Å². The molecule has 124 valence electrons. The fraction of sp³-hybridized carbons (Fsp3) is 0.647. The summed E-state index contributed by atoms with van der Waals surface area (Å²) in [6.45, 7) is 4.08. The van der Waals surface area contributed by atoms with Gasteiger partial charge in [-0.25, -0.2) is 8.78 Å². The maximum absolute atomic E-state index is 12.7. The van der Waals surface area contributed by atoms with E-state index in [0.29, 0.717) is 6.04 Å². The van der Waals surface area contributed by atoms with Crippen LogP contribution in [0, 0.1) is 5.92 Å². The molecule has 0 unspecified atom stereocenters. The third-order valence-electron chi connectivity index (χ3n) is 4.59. The lowest BCUT2D eigenvalue weighted by Crippen LogP contribution is -2.42. The van der Waals surface area contributed by atoms with Gasteiger partial charge >= 0.3 is 0 Å². The lowest BCUT2D eigenvalue weighted by molar-refractivity contribution is 0.151. The van der Waals surface area contributed by atoms with Crippen molar-refractivity contribution in [2.75, 3.05) is 19.6 Å². The molecular formula is C17H25ClF2N2. The number of likely N-dealkylation sites (tertiary alicyclic amines) is 1. The first-order valence-corrected chi connectivity index (χ1v) is 8.03. The number of nitrogens with one attached hydrogen (secondary N) is 1. The molecule has 1 aliphatic heterocycles. The van der Waals surface area contributed by atoms with Gasteiger partial charge in [-0.05, 0) is 62.9 Å². The third kappa shape index (κ3) is 5.18. The Labute approximate surface area is 137 Å². The highest BCUT2D eigenvalue weighted by molar-refractivity contribution is 5.85. The van der Waals surface area contributed by atoms with Crippen LogP contribution in [-0.4, -0.2) is 30.6 Å². The van der Waals surface area contributed by atoms with Gasteiger partial charge in [0.25, 0.3) is 6.43 Å². The molecule has 3 rings (SSSR count). The minimum Gasteiger partial charge on any atom is -0.314 e. The molecule has 2 fully saturated rings. The normalized spacial score (nSPS) is 20.1. The SMILES string of the molecule is Cl.FC(F)c1cccc(CN2CCC(NCC3CC3)CC2)c1. The van der Waals surface area contributed by atoms with E-state index in [0.717, 1.165) is 31.1 Å². The number of nitrogens with zero attached hydrogens (tertiary/aromatic N) is 1. The standard InChI is InChI=1S/C17H24F2N2.ClH/c18-17(19)15-3-1-2-14(10-15)12-21-8-6-16(7-9-21)20-11-13-4-5-13;/h1-3,10,13,16-17,20H,4-9,11-12H2;1H. The molecule has 1 aliphatic carbocycles. The summed E-state index contributed by atoms with van der Waals surface area (Å²) < 4.78 is 25.4.